The minimum absolute atomic E-state index is 0.0943. The fraction of sp³-hybridized carbons (Fsp3) is 0.538. The average molecular weight is 270 g/mol. The summed E-state index contributed by atoms with van der Waals surface area (Å²) < 4.78 is 26.6. The maximum Gasteiger partial charge on any atom is 0.212 e. The van der Waals surface area contributed by atoms with Crippen LogP contribution in [0.2, 0.25) is 0 Å². The molecule has 5 heteroatoms. The van der Waals surface area contributed by atoms with Crippen LogP contribution >= 0.6 is 0 Å². The fourth-order valence-corrected chi connectivity index (χ4v) is 3.74. The van der Waals surface area contributed by atoms with Crippen LogP contribution in [0.4, 0.5) is 5.69 Å². The molecule has 1 atom stereocenters. The van der Waals surface area contributed by atoms with Crippen LogP contribution in [0, 0.1) is 5.41 Å². The Hall–Kier alpha value is -1.07. The van der Waals surface area contributed by atoms with Crippen LogP contribution in [0.5, 0.6) is 0 Å². The van der Waals surface area contributed by atoms with Gasteiger partial charge in [0.1, 0.15) is 0 Å². The molecule has 0 fully saturated rings. The maximum absolute atomic E-state index is 12.0. The van der Waals surface area contributed by atoms with Gasteiger partial charge < -0.3 is 5.73 Å². The first-order valence-corrected chi connectivity index (χ1v) is 7.60. The van der Waals surface area contributed by atoms with E-state index >= 15 is 0 Å². The Balaban J connectivity index is 2.83. The molecule has 0 aromatic heterocycles. The minimum Gasteiger partial charge on any atom is -0.398 e. The van der Waals surface area contributed by atoms with E-state index in [2.05, 4.69) is 4.72 Å². The van der Waals surface area contributed by atoms with E-state index in [1.807, 2.05) is 39.0 Å². The van der Waals surface area contributed by atoms with Crippen LogP contribution in [0.1, 0.15) is 39.3 Å². The SMILES string of the molecule is CC(NS(=O)(=O)CC(C)(C)C)c1ccccc1N. The number of anilines is 1. The lowest BCUT2D eigenvalue weighted by atomic mass is 10.0. The van der Waals surface area contributed by atoms with E-state index in [1.54, 1.807) is 13.0 Å². The quantitative estimate of drug-likeness (QED) is 0.825. The lowest BCUT2D eigenvalue weighted by molar-refractivity contribution is 0.455. The Morgan fingerprint density at radius 3 is 2.33 bits per heavy atom. The average Bonchev–Trinajstić information content (AvgIpc) is 2.12. The second-order valence-corrected chi connectivity index (χ2v) is 7.54. The summed E-state index contributed by atoms with van der Waals surface area (Å²) in [5, 5.41) is 0. The van der Waals surface area contributed by atoms with E-state index in [0.717, 1.165) is 5.56 Å². The van der Waals surface area contributed by atoms with Gasteiger partial charge in [-0.15, -0.1) is 0 Å². The molecule has 0 aliphatic rings. The minimum atomic E-state index is -3.31. The predicted octanol–water partition coefficient (Wildman–Crippen LogP) is 2.30. The first-order chi connectivity index (χ1) is 8.11. The third kappa shape index (κ3) is 4.66. The summed E-state index contributed by atoms with van der Waals surface area (Å²) in [6.07, 6.45) is 0. The highest BCUT2D eigenvalue weighted by atomic mass is 32.2. The second-order valence-electron chi connectivity index (χ2n) is 5.79. The number of nitrogen functional groups attached to an aromatic ring is 1. The Labute approximate surface area is 110 Å². The molecular formula is C13H22N2O2S. The molecule has 3 N–H and O–H groups in total. The lowest BCUT2D eigenvalue weighted by Crippen LogP contribution is -2.34. The number of benzene rings is 1. The van der Waals surface area contributed by atoms with Gasteiger partial charge in [-0.3, -0.25) is 0 Å². The first-order valence-electron chi connectivity index (χ1n) is 5.95. The molecule has 1 aromatic carbocycles. The molecule has 1 rings (SSSR count). The number of hydrogen-bond donors (Lipinski definition) is 2. The van der Waals surface area contributed by atoms with Crippen molar-refractivity contribution in [2.24, 2.45) is 5.41 Å². The van der Waals surface area contributed by atoms with Crippen molar-refractivity contribution in [1.82, 2.24) is 4.72 Å². The molecule has 0 amide bonds. The maximum atomic E-state index is 12.0. The van der Waals surface area contributed by atoms with Gasteiger partial charge in [0.2, 0.25) is 10.0 Å². The smallest absolute Gasteiger partial charge is 0.212 e. The zero-order valence-corrected chi connectivity index (χ0v) is 12.2. The monoisotopic (exact) mass is 270 g/mol. The van der Waals surface area contributed by atoms with Crippen LogP contribution in [0.25, 0.3) is 0 Å². The standard InChI is InChI=1S/C13H22N2O2S/c1-10(11-7-5-6-8-12(11)14)15-18(16,17)9-13(2,3)4/h5-8,10,15H,9,14H2,1-4H3. The molecule has 0 spiro atoms. The molecule has 0 saturated heterocycles. The van der Waals surface area contributed by atoms with E-state index in [9.17, 15) is 8.42 Å². The van der Waals surface area contributed by atoms with Crippen LogP contribution in [-0.4, -0.2) is 14.2 Å². The molecule has 0 aliphatic heterocycles. The van der Waals surface area contributed by atoms with Crippen molar-refractivity contribution >= 4 is 15.7 Å². The fourth-order valence-electron chi connectivity index (χ4n) is 1.85. The Bertz CT molecular complexity index is 504. The van der Waals surface area contributed by atoms with Crippen LogP contribution < -0.4 is 10.5 Å². The number of sulfonamides is 1. The molecule has 102 valence electrons. The molecule has 1 unspecified atom stereocenters. The molecule has 1 aromatic rings. The van der Waals surface area contributed by atoms with Crippen molar-refractivity contribution < 1.29 is 8.42 Å². The van der Waals surface area contributed by atoms with E-state index in [4.69, 9.17) is 5.73 Å². The molecule has 0 heterocycles. The summed E-state index contributed by atoms with van der Waals surface area (Å²) in [5.74, 6) is 0.0943. The lowest BCUT2D eigenvalue weighted by Gasteiger charge is -2.21. The van der Waals surface area contributed by atoms with Gasteiger partial charge in [-0.2, -0.15) is 0 Å². The summed E-state index contributed by atoms with van der Waals surface area (Å²) in [5.41, 5.74) is 6.96. The zero-order valence-electron chi connectivity index (χ0n) is 11.4. The van der Waals surface area contributed by atoms with Crippen molar-refractivity contribution in [3.63, 3.8) is 0 Å². The number of rotatable bonds is 4. The van der Waals surface area contributed by atoms with E-state index < -0.39 is 10.0 Å². The zero-order chi connectivity index (χ0) is 14.0. The molecule has 4 nitrogen and oxygen atoms in total. The summed E-state index contributed by atoms with van der Waals surface area (Å²) >= 11 is 0. The summed E-state index contributed by atoms with van der Waals surface area (Å²) in [6.45, 7) is 7.49. The van der Waals surface area contributed by atoms with Gasteiger partial charge in [0.05, 0.1) is 5.75 Å². The van der Waals surface area contributed by atoms with Gasteiger partial charge >= 0.3 is 0 Å². The number of nitrogens with two attached hydrogens (primary N) is 1. The van der Waals surface area contributed by atoms with Crippen LogP contribution in [-0.2, 0) is 10.0 Å². The summed E-state index contributed by atoms with van der Waals surface area (Å²) in [7, 11) is -3.31. The predicted molar refractivity (Wildman–Crippen MR) is 75.6 cm³/mol. The van der Waals surface area contributed by atoms with Gasteiger partial charge in [-0.1, -0.05) is 39.0 Å². The molecule has 0 bridgehead atoms. The van der Waals surface area contributed by atoms with Crippen molar-refractivity contribution in [2.45, 2.75) is 33.7 Å². The Kier molecular flexibility index (Phi) is 4.40. The molecule has 0 aliphatic carbocycles. The van der Waals surface area contributed by atoms with Gasteiger partial charge in [-0.05, 0) is 24.0 Å². The molecule has 0 radical (unpaired) electrons. The third-order valence-electron chi connectivity index (χ3n) is 2.44. The molecule has 18 heavy (non-hydrogen) atoms. The van der Waals surface area contributed by atoms with Crippen molar-refractivity contribution in [2.75, 3.05) is 11.5 Å². The highest BCUT2D eigenvalue weighted by Gasteiger charge is 2.23. The Morgan fingerprint density at radius 1 is 1.28 bits per heavy atom. The van der Waals surface area contributed by atoms with E-state index in [0.29, 0.717) is 5.69 Å². The number of hydrogen-bond acceptors (Lipinski definition) is 3. The van der Waals surface area contributed by atoms with Crippen molar-refractivity contribution in [1.29, 1.82) is 0 Å². The molecular weight excluding hydrogens is 248 g/mol. The molecule has 0 saturated carbocycles. The van der Waals surface area contributed by atoms with Gasteiger partial charge in [0.25, 0.3) is 0 Å². The first kappa shape index (κ1) is 15.0. The topological polar surface area (TPSA) is 72.2 Å². The van der Waals surface area contributed by atoms with Crippen LogP contribution in [0.15, 0.2) is 24.3 Å². The number of para-hydroxylation sites is 1. The van der Waals surface area contributed by atoms with Crippen molar-refractivity contribution in [3.8, 4) is 0 Å². The highest BCUT2D eigenvalue weighted by Crippen LogP contribution is 2.22. The van der Waals surface area contributed by atoms with Gasteiger partial charge in [-0.25, -0.2) is 13.1 Å². The van der Waals surface area contributed by atoms with Crippen molar-refractivity contribution in [3.05, 3.63) is 29.8 Å². The van der Waals surface area contributed by atoms with E-state index in [1.165, 1.54) is 0 Å². The number of nitrogens with one attached hydrogen (secondary N) is 1. The normalized spacial score (nSPS) is 14.4. The largest absolute Gasteiger partial charge is 0.398 e. The van der Waals surface area contributed by atoms with Crippen LogP contribution in [0.3, 0.4) is 0 Å². The highest BCUT2D eigenvalue weighted by molar-refractivity contribution is 7.89. The summed E-state index contributed by atoms with van der Waals surface area (Å²) in [6, 6.07) is 6.96. The van der Waals surface area contributed by atoms with Gasteiger partial charge in [0.15, 0.2) is 0 Å². The third-order valence-corrected chi connectivity index (χ3v) is 4.40. The summed E-state index contributed by atoms with van der Waals surface area (Å²) in [4.78, 5) is 0. The Morgan fingerprint density at radius 2 is 1.83 bits per heavy atom. The van der Waals surface area contributed by atoms with Gasteiger partial charge in [0, 0.05) is 11.7 Å². The van der Waals surface area contributed by atoms with E-state index in [-0.39, 0.29) is 17.2 Å². The second kappa shape index (κ2) is 5.28.